The number of aryl methyl sites for hydroxylation is 1. The Balaban J connectivity index is 2.57. The van der Waals surface area contributed by atoms with Crippen molar-refractivity contribution in [3.8, 4) is 5.75 Å². The molecule has 1 atom stereocenters. The summed E-state index contributed by atoms with van der Waals surface area (Å²) in [5.74, 6) is 0.775. The monoisotopic (exact) mass is 264 g/mol. The molecular weight excluding hydrogens is 240 g/mol. The van der Waals surface area contributed by atoms with Crippen LogP contribution >= 0.6 is 0 Å². The third-order valence-corrected chi connectivity index (χ3v) is 2.70. The molecule has 1 amide bonds. The normalized spacial score (nSPS) is 12.3. The summed E-state index contributed by atoms with van der Waals surface area (Å²) >= 11 is 0. The Hall–Kier alpha value is -1.55. The molecule has 0 aliphatic rings. The lowest BCUT2D eigenvalue weighted by molar-refractivity contribution is -0.122. The number of ether oxygens (including phenoxy) is 1. The molecule has 3 N–H and O–H groups in total. The summed E-state index contributed by atoms with van der Waals surface area (Å²) in [7, 11) is 0. The van der Waals surface area contributed by atoms with Crippen LogP contribution in [0, 0.1) is 6.92 Å². The highest BCUT2D eigenvalue weighted by Gasteiger charge is 2.09. The fraction of sp³-hybridized carbons (Fsp3) is 0.533. The summed E-state index contributed by atoms with van der Waals surface area (Å²) in [6.07, 6.45) is 0.352. The van der Waals surface area contributed by atoms with Gasteiger partial charge in [0.05, 0.1) is 13.0 Å². The lowest BCUT2D eigenvalue weighted by atomic mass is 10.1. The number of amides is 1. The minimum Gasteiger partial charge on any atom is -0.493 e. The summed E-state index contributed by atoms with van der Waals surface area (Å²) in [4.78, 5) is 11.5. The number of hydrogen-bond acceptors (Lipinski definition) is 3. The summed E-state index contributed by atoms with van der Waals surface area (Å²) < 4.78 is 5.69. The highest BCUT2D eigenvalue weighted by atomic mass is 16.5. The largest absolute Gasteiger partial charge is 0.493 e. The highest BCUT2D eigenvalue weighted by molar-refractivity contribution is 5.76. The van der Waals surface area contributed by atoms with Gasteiger partial charge >= 0.3 is 0 Å². The molecule has 106 valence electrons. The second-order valence-electron chi connectivity index (χ2n) is 5.15. The number of hydrogen-bond donors (Lipinski definition) is 2. The zero-order valence-corrected chi connectivity index (χ0v) is 12.2. The van der Waals surface area contributed by atoms with Crippen molar-refractivity contribution < 1.29 is 9.53 Å². The van der Waals surface area contributed by atoms with E-state index in [0.717, 1.165) is 16.9 Å². The van der Waals surface area contributed by atoms with Gasteiger partial charge in [-0.15, -0.1) is 0 Å². The van der Waals surface area contributed by atoms with Gasteiger partial charge in [-0.25, -0.2) is 0 Å². The van der Waals surface area contributed by atoms with E-state index in [4.69, 9.17) is 10.5 Å². The van der Waals surface area contributed by atoms with Gasteiger partial charge < -0.3 is 15.8 Å². The molecule has 1 aromatic rings. The van der Waals surface area contributed by atoms with Crippen LogP contribution in [0.2, 0.25) is 0 Å². The van der Waals surface area contributed by atoms with Gasteiger partial charge in [0.1, 0.15) is 5.75 Å². The molecule has 0 saturated carbocycles. The molecule has 1 rings (SSSR count). The lowest BCUT2D eigenvalue weighted by Crippen LogP contribution is -2.31. The van der Waals surface area contributed by atoms with E-state index >= 15 is 0 Å². The molecule has 19 heavy (non-hydrogen) atoms. The Labute approximate surface area is 115 Å². The zero-order chi connectivity index (χ0) is 14.4. The minimum absolute atomic E-state index is 0.00463. The number of nitrogens with two attached hydrogens (primary N) is 1. The molecule has 0 spiro atoms. The molecule has 4 heteroatoms. The van der Waals surface area contributed by atoms with Gasteiger partial charge in [-0.05, 0) is 39.3 Å². The van der Waals surface area contributed by atoms with Crippen molar-refractivity contribution in [3.63, 3.8) is 0 Å². The molecule has 1 aromatic carbocycles. The van der Waals surface area contributed by atoms with Gasteiger partial charge in [-0.1, -0.05) is 12.1 Å². The predicted molar refractivity (Wildman–Crippen MR) is 77.2 cm³/mol. The first-order valence-electron chi connectivity index (χ1n) is 6.68. The number of carbonyl (C=O) groups excluding carboxylic acids is 1. The first kappa shape index (κ1) is 15.5. The number of nitrogens with one attached hydrogen (secondary N) is 1. The van der Waals surface area contributed by atoms with Crippen molar-refractivity contribution in [2.24, 2.45) is 5.73 Å². The Bertz CT molecular complexity index is 428. The third kappa shape index (κ3) is 5.30. The number of rotatable bonds is 6. The molecule has 0 radical (unpaired) electrons. The summed E-state index contributed by atoms with van der Waals surface area (Å²) in [6.45, 7) is 8.16. The van der Waals surface area contributed by atoms with Crippen LogP contribution < -0.4 is 15.8 Å². The smallest absolute Gasteiger partial charge is 0.223 e. The topological polar surface area (TPSA) is 64.3 Å². The van der Waals surface area contributed by atoms with E-state index in [-0.39, 0.29) is 18.0 Å². The van der Waals surface area contributed by atoms with Gasteiger partial charge in [-0.2, -0.15) is 0 Å². The molecule has 0 unspecified atom stereocenters. The van der Waals surface area contributed by atoms with Crippen LogP contribution in [0.15, 0.2) is 18.2 Å². The van der Waals surface area contributed by atoms with Crippen LogP contribution in [0.3, 0.4) is 0 Å². The van der Waals surface area contributed by atoms with Crippen LogP contribution in [0.25, 0.3) is 0 Å². The Morgan fingerprint density at radius 1 is 1.37 bits per heavy atom. The second kappa shape index (κ2) is 7.14. The fourth-order valence-electron chi connectivity index (χ4n) is 1.79. The zero-order valence-electron chi connectivity index (χ0n) is 12.2. The molecule has 0 saturated heterocycles. The van der Waals surface area contributed by atoms with Crippen molar-refractivity contribution in [2.75, 3.05) is 6.61 Å². The first-order valence-corrected chi connectivity index (χ1v) is 6.68. The Morgan fingerprint density at radius 2 is 2.05 bits per heavy atom. The van der Waals surface area contributed by atoms with E-state index in [2.05, 4.69) is 5.32 Å². The quantitative estimate of drug-likeness (QED) is 0.828. The van der Waals surface area contributed by atoms with E-state index in [1.165, 1.54) is 0 Å². The third-order valence-electron chi connectivity index (χ3n) is 2.70. The molecule has 0 heterocycles. The maximum Gasteiger partial charge on any atom is 0.223 e. The minimum atomic E-state index is -0.0832. The van der Waals surface area contributed by atoms with Crippen LogP contribution in [-0.2, 0) is 4.79 Å². The maximum atomic E-state index is 11.5. The van der Waals surface area contributed by atoms with Crippen molar-refractivity contribution in [1.29, 1.82) is 0 Å². The van der Waals surface area contributed by atoms with Gasteiger partial charge in [0.15, 0.2) is 0 Å². The van der Waals surface area contributed by atoms with Crippen LogP contribution in [0.4, 0.5) is 0 Å². The van der Waals surface area contributed by atoms with Crippen LogP contribution in [0.5, 0.6) is 5.75 Å². The fourth-order valence-corrected chi connectivity index (χ4v) is 1.79. The Morgan fingerprint density at radius 3 is 2.63 bits per heavy atom. The predicted octanol–water partition coefficient (Wildman–Crippen LogP) is 2.31. The van der Waals surface area contributed by atoms with Crippen molar-refractivity contribution in [1.82, 2.24) is 5.32 Å². The molecule has 4 nitrogen and oxygen atoms in total. The SMILES string of the molecule is Cc1ccc([C@@H](C)N)c(OCCC(=O)NC(C)C)c1. The van der Waals surface area contributed by atoms with Crippen molar-refractivity contribution in [2.45, 2.75) is 46.2 Å². The average molecular weight is 264 g/mol. The van der Waals surface area contributed by atoms with Crippen LogP contribution in [-0.4, -0.2) is 18.6 Å². The maximum absolute atomic E-state index is 11.5. The Kier molecular flexibility index (Phi) is 5.83. The molecular formula is C15H24N2O2. The molecule has 0 aromatic heterocycles. The highest BCUT2D eigenvalue weighted by Crippen LogP contribution is 2.25. The van der Waals surface area contributed by atoms with E-state index in [1.807, 2.05) is 45.9 Å². The van der Waals surface area contributed by atoms with Gasteiger partial charge in [-0.3, -0.25) is 4.79 Å². The number of carbonyl (C=O) groups is 1. The summed E-state index contributed by atoms with van der Waals surface area (Å²) in [6, 6.07) is 6.02. The number of benzene rings is 1. The van der Waals surface area contributed by atoms with E-state index in [1.54, 1.807) is 0 Å². The second-order valence-corrected chi connectivity index (χ2v) is 5.15. The van der Waals surface area contributed by atoms with Crippen LogP contribution in [0.1, 0.15) is 44.4 Å². The average Bonchev–Trinajstić information content (AvgIpc) is 2.27. The standard InChI is InChI=1S/C15H24N2O2/c1-10(2)17-15(18)7-8-19-14-9-11(3)5-6-13(14)12(4)16/h5-6,9-10,12H,7-8,16H2,1-4H3,(H,17,18)/t12-/m1/s1. The van der Waals surface area contributed by atoms with Crippen molar-refractivity contribution in [3.05, 3.63) is 29.3 Å². The van der Waals surface area contributed by atoms with E-state index in [0.29, 0.717) is 13.0 Å². The molecule has 0 aliphatic carbocycles. The molecule has 0 bridgehead atoms. The molecule has 0 fully saturated rings. The van der Waals surface area contributed by atoms with E-state index < -0.39 is 0 Å². The lowest BCUT2D eigenvalue weighted by Gasteiger charge is -2.15. The van der Waals surface area contributed by atoms with Crippen molar-refractivity contribution >= 4 is 5.91 Å². The van der Waals surface area contributed by atoms with Gasteiger partial charge in [0, 0.05) is 17.6 Å². The van der Waals surface area contributed by atoms with E-state index in [9.17, 15) is 4.79 Å². The van der Waals surface area contributed by atoms with Gasteiger partial charge in [0.25, 0.3) is 0 Å². The molecule has 0 aliphatic heterocycles. The summed E-state index contributed by atoms with van der Waals surface area (Å²) in [5.41, 5.74) is 7.99. The summed E-state index contributed by atoms with van der Waals surface area (Å²) in [5, 5.41) is 2.83. The van der Waals surface area contributed by atoms with Gasteiger partial charge in [0.2, 0.25) is 5.91 Å². The first-order chi connectivity index (χ1) is 8.90.